The van der Waals surface area contributed by atoms with Gasteiger partial charge in [-0.1, -0.05) is 12.2 Å². The number of esters is 1. The van der Waals surface area contributed by atoms with Crippen molar-refractivity contribution < 1.29 is 19.0 Å². The molecular weight excluding hydrogens is 280 g/mol. The molecule has 5 unspecified atom stereocenters. The lowest BCUT2D eigenvalue weighted by atomic mass is 9.69. The van der Waals surface area contributed by atoms with Crippen molar-refractivity contribution in [3.05, 3.63) is 24.3 Å². The normalized spacial score (nSPS) is 45.7. The van der Waals surface area contributed by atoms with Gasteiger partial charge in [-0.2, -0.15) is 0 Å². The SMILES string of the molecule is C=CC(=O)OC1(C)C=C2CC3CC(OC4CCCO4)(CC23)C1. The number of carbonyl (C=O) groups excluding carboxylic acids is 1. The maximum absolute atomic E-state index is 11.7. The fraction of sp³-hybridized carbons (Fsp3) is 0.722. The third kappa shape index (κ3) is 2.33. The summed E-state index contributed by atoms with van der Waals surface area (Å²) in [6, 6.07) is 0. The van der Waals surface area contributed by atoms with E-state index in [1.807, 2.05) is 6.92 Å². The lowest BCUT2D eigenvalue weighted by Gasteiger charge is -2.41. The van der Waals surface area contributed by atoms with Gasteiger partial charge >= 0.3 is 5.97 Å². The van der Waals surface area contributed by atoms with Gasteiger partial charge in [-0.15, -0.1) is 0 Å². The molecule has 3 fully saturated rings. The monoisotopic (exact) mass is 304 g/mol. The molecule has 1 aliphatic heterocycles. The van der Waals surface area contributed by atoms with Crippen LogP contribution in [0.25, 0.3) is 0 Å². The molecule has 1 heterocycles. The molecule has 0 aromatic heterocycles. The van der Waals surface area contributed by atoms with Crippen LogP contribution in [0.5, 0.6) is 0 Å². The van der Waals surface area contributed by atoms with Gasteiger partial charge in [0.05, 0.1) is 5.60 Å². The van der Waals surface area contributed by atoms with E-state index in [4.69, 9.17) is 14.2 Å². The van der Waals surface area contributed by atoms with Crippen molar-refractivity contribution >= 4 is 5.97 Å². The quantitative estimate of drug-likeness (QED) is 0.455. The summed E-state index contributed by atoms with van der Waals surface area (Å²) in [5.74, 6) is 0.998. The fourth-order valence-corrected chi connectivity index (χ4v) is 5.00. The molecule has 2 saturated carbocycles. The highest BCUT2D eigenvalue weighted by atomic mass is 16.7. The third-order valence-electron chi connectivity index (χ3n) is 5.70. The van der Waals surface area contributed by atoms with Crippen molar-refractivity contribution in [2.45, 2.75) is 62.9 Å². The smallest absolute Gasteiger partial charge is 0.331 e. The second-order valence-corrected chi connectivity index (χ2v) is 7.56. The van der Waals surface area contributed by atoms with Gasteiger partial charge in [0.2, 0.25) is 0 Å². The molecule has 4 rings (SSSR count). The van der Waals surface area contributed by atoms with E-state index in [1.165, 1.54) is 11.6 Å². The Morgan fingerprint density at radius 3 is 3.09 bits per heavy atom. The van der Waals surface area contributed by atoms with Gasteiger partial charge in [0, 0.05) is 25.5 Å². The minimum Gasteiger partial charge on any atom is -0.452 e. The summed E-state index contributed by atoms with van der Waals surface area (Å²) in [4.78, 5) is 11.7. The van der Waals surface area contributed by atoms with E-state index >= 15 is 0 Å². The summed E-state index contributed by atoms with van der Waals surface area (Å²) in [6.07, 6.45) is 9.33. The number of allylic oxidation sites excluding steroid dienone is 1. The summed E-state index contributed by atoms with van der Waals surface area (Å²) in [5.41, 5.74) is 0.633. The largest absolute Gasteiger partial charge is 0.452 e. The first-order valence-corrected chi connectivity index (χ1v) is 8.37. The summed E-state index contributed by atoms with van der Waals surface area (Å²) in [6.45, 7) is 6.30. The van der Waals surface area contributed by atoms with Crippen LogP contribution in [0, 0.1) is 11.8 Å². The van der Waals surface area contributed by atoms with E-state index in [0.717, 1.165) is 51.0 Å². The Balaban J connectivity index is 1.60. The van der Waals surface area contributed by atoms with E-state index in [1.54, 1.807) is 0 Å². The Kier molecular flexibility index (Phi) is 3.24. The Bertz CT molecular complexity index is 533. The molecule has 4 aliphatic rings. The van der Waals surface area contributed by atoms with Crippen LogP contribution >= 0.6 is 0 Å². The third-order valence-corrected chi connectivity index (χ3v) is 5.70. The Morgan fingerprint density at radius 2 is 2.36 bits per heavy atom. The zero-order chi connectivity index (χ0) is 15.4. The van der Waals surface area contributed by atoms with Crippen molar-refractivity contribution in [1.82, 2.24) is 0 Å². The van der Waals surface area contributed by atoms with E-state index in [0.29, 0.717) is 5.92 Å². The predicted octanol–water partition coefficient (Wildman–Crippen LogP) is 3.13. The van der Waals surface area contributed by atoms with Gasteiger partial charge in [-0.05, 0) is 50.5 Å². The molecule has 0 aromatic carbocycles. The average Bonchev–Trinajstić information content (AvgIpc) is 3.01. The molecule has 5 atom stereocenters. The van der Waals surface area contributed by atoms with Crippen LogP contribution in [0.2, 0.25) is 0 Å². The maximum atomic E-state index is 11.7. The molecule has 0 amide bonds. The highest BCUT2D eigenvalue weighted by molar-refractivity contribution is 5.81. The Labute approximate surface area is 131 Å². The van der Waals surface area contributed by atoms with E-state index in [9.17, 15) is 4.79 Å². The molecular formula is C18H24O4. The van der Waals surface area contributed by atoms with Crippen LogP contribution in [0.15, 0.2) is 24.3 Å². The van der Waals surface area contributed by atoms with Crippen molar-refractivity contribution in [2.75, 3.05) is 6.61 Å². The predicted molar refractivity (Wildman–Crippen MR) is 81.0 cm³/mol. The number of hydrogen-bond acceptors (Lipinski definition) is 4. The summed E-state index contributed by atoms with van der Waals surface area (Å²) >= 11 is 0. The lowest BCUT2D eigenvalue weighted by molar-refractivity contribution is -0.205. The Hall–Kier alpha value is -1.13. The molecule has 4 heteroatoms. The van der Waals surface area contributed by atoms with Crippen molar-refractivity contribution in [2.24, 2.45) is 11.8 Å². The lowest BCUT2D eigenvalue weighted by Crippen LogP contribution is -2.44. The van der Waals surface area contributed by atoms with Crippen molar-refractivity contribution in [3.8, 4) is 0 Å². The van der Waals surface area contributed by atoms with Gasteiger partial charge in [-0.25, -0.2) is 4.79 Å². The van der Waals surface area contributed by atoms with Gasteiger partial charge in [-0.3, -0.25) is 0 Å². The van der Waals surface area contributed by atoms with Crippen molar-refractivity contribution in [3.63, 3.8) is 0 Å². The number of carbonyl (C=O) groups is 1. The number of rotatable bonds is 4. The van der Waals surface area contributed by atoms with Gasteiger partial charge in [0.1, 0.15) is 5.60 Å². The number of ether oxygens (including phenoxy) is 3. The zero-order valence-electron chi connectivity index (χ0n) is 13.2. The molecule has 22 heavy (non-hydrogen) atoms. The van der Waals surface area contributed by atoms with E-state index < -0.39 is 5.60 Å². The first kappa shape index (κ1) is 14.5. The van der Waals surface area contributed by atoms with Gasteiger partial charge in [0.15, 0.2) is 6.29 Å². The van der Waals surface area contributed by atoms with Crippen LogP contribution in [-0.4, -0.2) is 30.1 Å². The zero-order valence-corrected chi connectivity index (χ0v) is 13.2. The van der Waals surface area contributed by atoms with E-state index in [2.05, 4.69) is 12.7 Å². The molecule has 0 radical (unpaired) electrons. The van der Waals surface area contributed by atoms with Crippen molar-refractivity contribution in [1.29, 1.82) is 0 Å². The molecule has 120 valence electrons. The standard InChI is InChI=1S/C18H24O4/c1-3-15(19)21-17(2)8-12-7-13-9-18(11-17,10-14(12)13)22-16-5-4-6-20-16/h3,8,13-14,16H,1,4-7,9-11H2,2H3. The van der Waals surface area contributed by atoms with Crippen LogP contribution in [0.3, 0.4) is 0 Å². The fourth-order valence-electron chi connectivity index (χ4n) is 5.00. The molecule has 0 spiro atoms. The molecule has 1 saturated heterocycles. The second-order valence-electron chi connectivity index (χ2n) is 7.56. The van der Waals surface area contributed by atoms with Crippen LogP contribution in [0.4, 0.5) is 0 Å². The number of fused-ring (bicyclic) bond motifs is 1. The summed E-state index contributed by atoms with van der Waals surface area (Å²) in [5, 5.41) is 0. The van der Waals surface area contributed by atoms with Gasteiger partial charge < -0.3 is 14.2 Å². The van der Waals surface area contributed by atoms with Crippen LogP contribution in [0.1, 0.15) is 45.4 Å². The van der Waals surface area contributed by atoms with E-state index in [-0.39, 0.29) is 17.9 Å². The summed E-state index contributed by atoms with van der Waals surface area (Å²) < 4.78 is 17.8. The average molecular weight is 304 g/mol. The molecule has 4 nitrogen and oxygen atoms in total. The maximum Gasteiger partial charge on any atom is 0.331 e. The second kappa shape index (κ2) is 4.93. The first-order chi connectivity index (χ1) is 10.5. The molecule has 0 N–H and O–H groups in total. The topological polar surface area (TPSA) is 44.8 Å². The Morgan fingerprint density at radius 1 is 1.50 bits per heavy atom. The highest BCUT2D eigenvalue weighted by Gasteiger charge is 2.58. The number of hydrogen-bond donors (Lipinski definition) is 0. The van der Waals surface area contributed by atoms with Crippen LogP contribution < -0.4 is 0 Å². The molecule has 3 aliphatic carbocycles. The van der Waals surface area contributed by atoms with Crippen LogP contribution in [-0.2, 0) is 19.0 Å². The molecule has 2 bridgehead atoms. The van der Waals surface area contributed by atoms with Gasteiger partial charge in [0.25, 0.3) is 0 Å². The first-order valence-electron chi connectivity index (χ1n) is 8.37. The minimum atomic E-state index is -0.598. The minimum absolute atomic E-state index is 0.0848. The highest BCUT2D eigenvalue weighted by Crippen LogP contribution is 2.61. The summed E-state index contributed by atoms with van der Waals surface area (Å²) in [7, 11) is 0. The molecule has 0 aromatic rings.